The lowest BCUT2D eigenvalue weighted by Gasteiger charge is -2.22. The summed E-state index contributed by atoms with van der Waals surface area (Å²) in [5.74, 6) is 1.47. The smallest absolute Gasteiger partial charge is 0.161 e. The topological polar surface area (TPSA) is 41.9 Å². The molecule has 1 aromatic carbocycles. The fraction of sp³-hybridized carbons (Fsp3) is 0.684. The molecule has 1 unspecified atom stereocenters. The zero-order chi connectivity index (χ0) is 16.5. The van der Waals surface area contributed by atoms with Gasteiger partial charge in [0.2, 0.25) is 0 Å². The molecule has 2 rings (SSSR count). The molecule has 0 saturated carbocycles. The van der Waals surface area contributed by atoms with Crippen LogP contribution in [0.15, 0.2) is 18.2 Å². The molecule has 0 aliphatic carbocycles. The Morgan fingerprint density at radius 2 is 1.65 bits per heavy atom. The van der Waals surface area contributed by atoms with Crippen molar-refractivity contribution in [2.24, 2.45) is 0 Å². The van der Waals surface area contributed by atoms with Crippen molar-refractivity contribution in [3.8, 4) is 11.5 Å². The summed E-state index contributed by atoms with van der Waals surface area (Å²) < 4.78 is 11.2. The fourth-order valence-corrected chi connectivity index (χ4v) is 3.11. The Bertz CT molecular complexity index is 456. The van der Waals surface area contributed by atoms with Crippen LogP contribution in [-0.2, 0) is 0 Å². The number of hydrogen-bond acceptors (Lipinski definition) is 4. The second kappa shape index (κ2) is 9.78. The van der Waals surface area contributed by atoms with E-state index in [1.165, 1.54) is 38.8 Å². The number of ether oxygens (including phenoxy) is 2. The van der Waals surface area contributed by atoms with Crippen LogP contribution in [0.25, 0.3) is 0 Å². The van der Waals surface area contributed by atoms with Gasteiger partial charge in [-0.05, 0) is 63.9 Å². The number of nitrogens with zero attached hydrogens (tertiary/aromatic N) is 1. The van der Waals surface area contributed by atoms with Crippen LogP contribution in [0.5, 0.6) is 11.5 Å². The van der Waals surface area contributed by atoms with Gasteiger partial charge in [-0.2, -0.15) is 0 Å². The van der Waals surface area contributed by atoms with Gasteiger partial charge in [0.15, 0.2) is 11.5 Å². The summed E-state index contributed by atoms with van der Waals surface area (Å²) in [6, 6.07) is 5.77. The molecule has 1 aliphatic rings. The number of benzene rings is 1. The highest BCUT2D eigenvalue weighted by Crippen LogP contribution is 2.31. The van der Waals surface area contributed by atoms with Crippen molar-refractivity contribution in [3.05, 3.63) is 23.8 Å². The molecular formula is C19H31NO3. The van der Waals surface area contributed by atoms with E-state index in [0.29, 0.717) is 13.2 Å². The molecule has 130 valence electrons. The lowest BCUT2D eigenvalue weighted by Crippen LogP contribution is -2.26. The molecule has 23 heavy (non-hydrogen) atoms. The Morgan fingerprint density at radius 1 is 1.00 bits per heavy atom. The number of aliphatic hydroxyl groups is 1. The standard InChI is InChI=1S/C19H31NO3/c1-3-22-18-10-9-16(15-19(18)23-4-2)17(21)11-14-20-12-7-5-6-8-13-20/h9-10,15,17,21H,3-8,11-14H2,1-2H3. The van der Waals surface area contributed by atoms with Crippen molar-refractivity contribution < 1.29 is 14.6 Å². The average Bonchev–Trinajstić information content (AvgIpc) is 2.83. The first-order valence-electron chi connectivity index (χ1n) is 9.04. The van der Waals surface area contributed by atoms with Crippen LogP contribution in [0.3, 0.4) is 0 Å². The van der Waals surface area contributed by atoms with E-state index in [2.05, 4.69) is 4.90 Å². The normalized spacial score (nSPS) is 17.5. The first kappa shape index (κ1) is 18.1. The molecule has 1 heterocycles. The number of hydrogen-bond donors (Lipinski definition) is 1. The molecule has 0 spiro atoms. The predicted molar refractivity (Wildman–Crippen MR) is 93.3 cm³/mol. The van der Waals surface area contributed by atoms with E-state index in [-0.39, 0.29) is 0 Å². The summed E-state index contributed by atoms with van der Waals surface area (Å²) in [4.78, 5) is 2.48. The van der Waals surface area contributed by atoms with Crippen molar-refractivity contribution in [2.75, 3.05) is 32.8 Å². The summed E-state index contributed by atoms with van der Waals surface area (Å²) in [7, 11) is 0. The summed E-state index contributed by atoms with van der Waals surface area (Å²) in [6.07, 6.45) is 5.57. The van der Waals surface area contributed by atoms with Gasteiger partial charge in [0.1, 0.15) is 0 Å². The third kappa shape index (κ3) is 5.70. The van der Waals surface area contributed by atoms with Crippen molar-refractivity contribution >= 4 is 0 Å². The molecule has 0 bridgehead atoms. The summed E-state index contributed by atoms with van der Waals surface area (Å²) in [6.45, 7) is 8.40. The molecule has 1 aliphatic heterocycles. The van der Waals surface area contributed by atoms with Crippen molar-refractivity contribution in [1.82, 2.24) is 4.90 Å². The molecular weight excluding hydrogens is 290 g/mol. The highest BCUT2D eigenvalue weighted by atomic mass is 16.5. The Hall–Kier alpha value is -1.26. The molecule has 1 N–H and O–H groups in total. The second-order valence-corrected chi connectivity index (χ2v) is 6.13. The van der Waals surface area contributed by atoms with Crippen molar-refractivity contribution in [1.29, 1.82) is 0 Å². The van der Waals surface area contributed by atoms with Gasteiger partial charge in [0, 0.05) is 6.54 Å². The zero-order valence-corrected chi connectivity index (χ0v) is 14.6. The van der Waals surface area contributed by atoms with E-state index >= 15 is 0 Å². The molecule has 0 amide bonds. The van der Waals surface area contributed by atoms with Gasteiger partial charge in [-0.15, -0.1) is 0 Å². The van der Waals surface area contributed by atoms with Gasteiger partial charge in [-0.25, -0.2) is 0 Å². The second-order valence-electron chi connectivity index (χ2n) is 6.13. The van der Waals surface area contributed by atoms with Crippen LogP contribution < -0.4 is 9.47 Å². The Morgan fingerprint density at radius 3 is 2.30 bits per heavy atom. The first-order valence-corrected chi connectivity index (χ1v) is 9.04. The van der Waals surface area contributed by atoms with E-state index < -0.39 is 6.10 Å². The summed E-state index contributed by atoms with van der Waals surface area (Å²) >= 11 is 0. The summed E-state index contributed by atoms with van der Waals surface area (Å²) in [5, 5.41) is 10.5. The maximum absolute atomic E-state index is 10.5. The van der Waals surface area contributed by atoms with Crippen LogP contribution in [0, 0.1) is 0 Å². The Labute approximate surface area is 140 Å². The van der Waals surface area contributed by atoms with Gasteiger partial charge < -0.3 is 19.5 Å². The fourth-order valence-electron chi connectivity index (χ4n) is 3.11. The number of aliphatic hydroxyl groups excluding tert-OH is 1. The largest absolute Gasteiger partial charge is 0.490 e. The third-order valence-electron chi connectivity index (χ3n) is 4.37. The van der Waals surface area contributed by atoms with Crippen LogP contribution in [0.2, 0.25) is 0 Å². The van der Waals surface area contributed by atoms with Crippen LogP contribution in [-0.4, -0.2) is 42.9 Å². The van der Waals surface area contributed by atoms with E-state index in [9.17, 15) is 5.11 Å². The minimum absolute atomic E-state index is 0.451. The number of rotatable bonds is 8. The lowest BCUT2D eigenvalue weighted by molar-refractivity contribution is 0.142. The maximum Gasteiger partial charge on any atom is 0.161 e. The monoisotopic (exact) mass is 321 g/mol. The van der Waals surface area contributed by atoms with E-state index in [1.54, 1.807) is 0 Å². The minimum Gasteiger partial charge on any atom is -0.490 e. The van der Waals surface area contributed by atoms with Gasteiger partial charge in [0.05, 0.1) is 19.3 Å². The molecule has 1 aromatic rings. The third-order valence-corrected chi connectivity index (χ3v) is 4.37. The van der Waals surface area contributed by atoms with E-state index in [1.807, 2.05) is 32.0 Å². The Kier molecular flexibility index (Phi) is 7.69. The molecule has 4 nitrogen and oxygen atoms in total. The predicted octanol–water partition coefficient (Wildman–Crippen LogP) is 3.78. The Balaban J connectivity index is 1.94. The van der Waals surface area contributed by atoms with Crippen LogP contribution >= 0.6 is 0 Å². The quantitative estimate of drug-likeness (QED) is 0.791. The van der Waals surface area contributed by atoms with Crippen molar-refractivity contribution in [3.63, 3.8) is 0 Å². The zero-order valence-electron chi connectivity index (χ0n) is 14.6. The highest BCUT2D eigenvalue weighted by Gasteiger charge is 2.15. The molecule has 1 saturated heterocycles. The van der Waals surface area contributed by atoms with E-state index in [4.69, 9.17) is 9.47 Å². The van der Waals surface area contributed by atoms with Gasteiger partial charge in [-0.1, -0.05) is 18.9 Å². The summed E-state index contributed by atoms with van der Waals surface area (Å²) in [5.41, 5.74) is 0.909. The van der Waals surface area contributed by atoms with Crippen LogP contribution in [0.4, 0.5) is 0 Å². The molecule has 0 aromatic heterocycles. The lowest BCUT2D eigenvalue weighted by atomic mass is 10.1. The maximum atomic E-state index is 10.5. The number of likely N-dealkylation sites (tertiary alicyclic amines) is 1. The molecule has 1 fully saturated rings. The van der Waals surface area contributed by atoms with E-state index in [0.717, 1.165) is 30.0 Å². The van der Waals surface area contributed by atoms with Gasteiger partial charge >= 0.3 is 0 Å². The minimum atomic E-state index is -0.451. The molecule has 1 atom stereocenters. The SMILES string of the molecule is CCOc1ccc(C(O)CCN2CCCCCC2)cc1OCC. The van der Waals surface area contributed by atoms with Gasteiger partial charge in [-0.3, -0.25) is 0 Å². The van der Waals surface area contributed by atoms with Gasteiger partial charge in [0.25, 0.3) is 0 Å². The molecule has 0 radical (unpaired) electrons. The average molecular weight is 321 g/mol. The first-order chi connectivity index (χ1) is 11.2. The highest BCUT2D eigenvalue weighted by molar-refractivity contribution is 5.43. The van der Waals surface area contributed by atoms with Crippen molar-refractivity contribution in [2.45, 2.75) is 52.1 Å². The molecule has 4 heteroatoms. The van der Waals surface area contributed by atoms with Crippen LogP contribution in [0.1, 0.15) is 57.6 Å².